The Morgan fingerprint density at radius 1 is 0.714 bits per heavy atom. The van der Waals surface area contributed by atoms with E-state index in [-0.39, 0.29) is 0 Å². The van der Waals surface area contributed by atoms with Crippen molar-refractivity contribution in [2.24, 2.45) is 0 Å². The lowest BCUT2D eigenvalue weighted by atomic mass is 10.1. The number of hydrogen-bond donors (Lipinski definition) is 1. The zero-order valence-corrected chi connectivity index (χ0v) is 9.97. The van der Waals surface area contributed by atoms with Gasteiger partial charge in [-0.2, -0.15) is 5.06 Å². The molecule has 0 aromatic heterocycles. The predicted octanol–water partition coefficient (Wildman–Crippen LogP) is 3.84. The van der Waals surface area contributed by atoms with Crippen LogP contribution in [0.3, 0.4) is 0 Å². The van der Waals surface area contributed by atoms with Gasteiger partial charge in [-0.05, 0) is 12.8 Å². The maximum absolute atomic E-state index is 9.32. The van der Waals surface area contributed by atoms with E-state index >= 15 is 0 Å². The summed E-state index contributed by atoms with van der Waals surface area (Å²) in [5.41, 5.74) is 0. The molecule has 0 bridgehead atoms. The van der Waals surface area contributed by atoms with Crippen LogP contribution in [-0.4, -0.2) is 23.4 Å². The summed E-state index contributed by atoms with van der Waals surface area (Å²) in [6.07, 6.45) is 10.2. The highest BCUT2D eigenvalue weighted by molar-refractivity contribution is 4.48. The Bertz CT molecular complexity index is 106. The standard InChI is InChI=1S/C12H27NO/c1-3-5-6-7-8-9-10-12-13(14)11-4-2/h14H,3-12H2,1-2H3. The van der Waals surface area contributed by atoms with Gasteiger partial charge in [-0.3, -0.25) is 0 Å². The van der Waals surface area contributed by atoms with E-state index in [2.05, 4.69) is 13.8 Å². The quantitative estimate of drug-likeness (QED) is 0.429. The zero-order valence-electron chi connectivity index (χ0n) is 9.97. The molecule has 1 N–H and O–H groups in total. The molecule has 0 aromatic rings. The van der Waals surface area contributed by atoms with Crippen molar-refractivity contribution in [3.8, 4) is 0 Å². The van der Waals surface area contributed by atoms with Crippen molar-refractivity contribution in [3.05, 3.63) is 0 Å². The van der Waals surface area contributed by atoms with Crippen molar-refractivity contribution in [2.45, 2.75) is 65.2 Å². The number of nitrogens with zero attached hydrogens (tertiary/aromatic N) is 1. The maximum Gasteiger partial charge on any atom is 0.0238 e. The Labute approximate surface area is 89.3 Å². The van der Waals surface area contributed by atoms with Crippen molar-refractivity contribution < 1.29 is 5.21 Å². The van der Waals surface area contributed by atoms with Crippen LogP contribution in [0, 0.1) is 0 Å². The van der Waals surface area contributed by atoms with E-state index in [9.17, 15) is 5.21 Å². The number of hydroxylamine groups is 2. The van der Waals surface area contributed by atoms with Crippen molar-refractivity contribution in [2.75, 3.05) is 13.1 Å². The second kappa shape index (κ2) is 11.0. The van der Waals surface area contributed by atoms with Gasteiger partial charge in [0.2, 0.25) is 0 Å². The van der Waals surface area contributed by atoms with E-state index < -0.39 is 0 Å². The summed E-state index contributed by atoms with van der Waals surface area (Å²) in [6, 6.07) is 0. The summed E-state index contributed by atoms with van der Waals surface area (Å²) >= 11 is 0. The van der Waals surface area contributed by atoms with Crippen LogP contribution in [0.2, 0.25) is 0 Å². The van der Waals surface area contributed by atoms with Gasteiger partial charge in [0.1, 0.15) is 0 Å². The summed E-state index contributed by atoms with van der Waals surface area (Å²) in [4.78, 5) is 0. The lowest BCUT2D eigenvalue weighted by Crippen LogP contribution is -2.21. The molecule has 0 saturated carbocycles. The average Bonchev–Trinajstić information content (AvgIpc) is 2.17. The van der Waals surface area contributed by atoms with Gasteiger partial charge in [0.05, 0.1) is 0 Å². The fourth-order valence-corrected chi connectivity index (χ4v) is 1.62. The molecule has 14 heavy (non-hydrogen) atoms. The number of unbranched alkanes of at least 4 members (excludes halogenated alkanes) is 6. The van der Waals surface area contributed by atoms with E-state index in [4.69, 9.17) is 0 Å². The molecule has 0 aliphatic heterocycles. The first-order chi connectivity index (χ1) is 6.81. The van der Waals surface area contributed by atoms with Crippen molar-refractivity contribution in [3.63, 3.8) is 0 Å². The minimum atomic E-state index is 0.815. The molecule has 0 saturated heterocycles. The minimum absolute atomic E-state index is 0.815. The molecular formula is C12H27NO. The van der Waals surface area contributed by atoms with E-state index in [1.807, 2.05) is 0 Å². The Hall–Kier alpha value is -0.0800. The van der Waals surface area contributed by atoms with E-state index in [0.29, 0.717) is 0 Å². The molecule has 0 spiro atoms. The molecule has 2 heteroatoms. The Morgan fingerprint density at radius 2 is 1.29 bits per heavy atom. The van der Waals surface area contributed by atoms with E-state index in [1.165, 1.54) is 43.6 Å². The normalized spacial score (nSPS) is 11.1. The molecule has 0 amide bonds. The lowest BCUT2D eigenvalue weighted by Gasteiger charge is -2.12. The van der Waals surface area contributed by atoms with Gasteiger partial charge >= 0.3 is 0 Å². The van der Waals surface area contributed by atoms with Crippen molar-refractivity contribution in [1.29, 1.82) is 0 Å². The summed E-state index contributed by atoms with van der Waals surface area (Å²) in [6.45, 7) is 6.00. The maximum atomic E-state index is 9.32. The molecule has 0 aromatic carbocycles. The van der Waals surface area contributed by atoms with Crippen LogP contribution in [-0.2, 0) is 0 Å². The monoisotopic (exact) mass is 201 g/mol. The topological polar surface area (TPSA) is 23.5 Å². The molecule has 2 nitrogen and oxygen atoms in total. The van der Waals surface area contributed by atoms with Crippen LogP contribution in [0.1, 0.15) is 65.2 Å². The molecule has 0 aliphatic rings. The Morgan fingerprint density at radius 3 is 1.86 bits per heavy atom. The number of hydrogen-bond acceptors (Lipinski definition) is 2. The third-order valence-corrected chi connectivity index (χ3v) is 2.50. The SMILES string of the molecule is CCCCCCCCCN(O)CCC. The van der Waals surface area contributed by atoms with E-state index in [1.54, 1.807) is 0 Å². The van der Waals surface area contributed by atoms with Crippen LogP contribution in [0.5, 0.6) is 0 Å². The number of rotatable bonds is 10. The first-order valence-electron chi connectivity index (χ1n) is 6.25. The van der Waals surface area contributed by atoms with E-state index in [0.717, 1.165) is 25.9 Å². The fraction of sp³-hybridized carbons (Fsp3) is 1.00. The molecular weight excluding hydrogens is 174 g/mol. The van der Waals surface area contributed by atoms with Gasteiger partial charge in [0, 0.05) is 13.1 Å². The van der Waals surface area contributed by atoms with Crippen LogP contribution >= 0.6 is 0 Å². The third-order valence-electron chi connectivity index (χ3n) is 2.50. The van der Waals surface area contributed by atoms with Crippen LogP contribution in [0.4, 0.5) is 0 Å². The summed E-state index contributed by atoms with van der Waals surface area (Å²) < 4.78 is 0. The van der Waals surface area contributed by atoms with Gasteiger partial charge < -0.3 is 5.21 Å². The lowest BCUT2D eigenvalue weighted by molar-refractivity contribution is -0.0913. The predicted molar refractivity (Wildman–Crippen MR) is 61.6 cm³/mol. The molecule has 0 aliphatic carbocycles. The Kier molecular flexibility index (Phi) is 10.9. The van der Waals surface area contributed by atoms with Crippen molar-refractivity contribution in [1.82, 2.24) is 5.06 Å². The third kappa shape index (κ3) is 10.0. The van der Waals surface area contributed by atoms with Crippen LogP contribution in [0.15, 0.2) is 0 Å². The smallest absolute Gasteiger partial charge is 0.0238 e. The highest BCUT2D eigenvalue weighted by Crippen LogP contribution is 2.07. The molecule has 0 fully saturated rings. The van der Waals surface area contributed by atoms with Crippen LogP contribution < -0.4 is 0 Å². The summed E-state index contributed by atoms with van der Waals surface area (Å²) in [5.74, 6) is 0. The van der Waals surface area contributed by atoms with Crippen molar-refractivity contribution >= 4 is 0 Å². The van der Waals surface area contributed by atoms with Gasteiger partial charge in [-0.15, -0.1) is 0 Å². The van der Waals surface area contributed by atoms with Gasteiger partial charge in [0.15, 0.2) is 0 Å². The molecule has 0 unspecified atom stereocenters. The molecule has 0 heterocycles. The summed E-state index contributed by atoms with van der Waals surface area (Å²) in [7, 11) is 0. The molecule has 0 radical (unpaired) electrons. The van der Waals surface area contributed by atoms with Gasteiger partial charge in [-0.1, -0.05) is 52.4 Å². The Balaban J connectivity index is 2.98. The van der Waals surface area contributed by atoms with Gasteiger partial charge in [-0.25, -0.2) is 0 Å². The molecule has 0 rings (SSSR count). The fourth-order valence-electron chi connectivity index (χ4n) is 1.62. The largest absolute Gasteiger partial charge is 0.314 e. The average molecular weight is 201 g/mol. The molecule has 0 atom stereocenters. The second-order valence-electron chi connectivity index (χ2n) is 4.07. The minimum Gasteiger partial charge on any atom is -0.314 e. The molecule has 86 valence electrons. The van der Waals surface area contributed by atoms with Gasteiger partial charge in [0.25, 0.3) is 0 Å². The first kappa shape index (κ1) is 13.9. The highest BCUT2D eigenvalue weighted by Gasteiger charge is 1.97. The highest BCUT2D eigenvalue weighted by atomic mass is 16.5. The van der Waals surface area contributed by atoms with Crippen LogP contribution in [0.25, 0.3) is 0 Å². The second-order valence-corrected chi connectivity index (χ2v) is 4.07. The zero-order chi connectivity index (χ0) is 10.6. The first-order valence-corrected chi connectivity index (χ1v) is 6.25. The summed E-state index contributed by atoms with van der Waals surface area (Å²) in [5, 5.41) is 10.8.